The second-order valence-electron chi connectivity index (χ2n) is 5.88. The fourth-order valence-electron chi connectivity index (χ4n) is 3.12. The fraction of sp³-hybridized carbons (Fsp3) is 0.438. The number of pyridine rings is 1. The van der Waals surface area contributed by atoms with Gasteiger partial charge in [-0.2, -0.15) is 5.10 Å². The molecule has 1 saturated heterocycles. The maximum Gasteiger partial charge on any atom is 0.276 e. The van der Waals surface area contributed by atoms with Crippen LogP contribution in [0.2, 0.25) is 0 Å². The zero-order chi connectivity index (χ0) is 16.4. The summed E-state index contributed by atoms with van der Waals surface area (Å²) in [7, 11) is 0. The summed E-state index contributed by atoms with van der Waals surface area (Å²) >= 11 is 0. The lowest BCUT2D eigenvalue weighted by molar-refractivity contribution is 0.102. The Balaban J connectivity index is 1.57. The Hall–Kier alpha value is -2.45. The van der Waals surface area contributed by atoms with Gasteiger partial charge in [0.1, 0.15) is 0 Å². The van der Waals surface area contributed by atoms with Gasteiger partial charge in [0.05, 0.1) is 18.9 Å². The first-order valence-electron chi connectivity index (χ1n) is 8.19. The molecule has 3 N–H and O–H groups in total. The number of carbonyl (C=O) groups is 1. The number of rotatable bonds is 3. The predicted octanol–water partition coefficient (Wildman–Crippen LogP) is 0.539. The summed E-state index contributed by atoms with van der Waals surface area (Å²) in [6, 6.07) is 3.69. The zero-order valence-corrected chi connectivity index (χ0v) is 13.3. The Morgan fingerprint density at radius 1 is 1.33 bits per heavy atom. The molecule has 4 rings (SSSR count). The van der Waals surface area contributed by atoms with E-state index in [1.807, 2.05) is 12.1 Å². The van der Waals surface area contributed by atoms with Crippen molar-refractivity contribution in [2.45, 2.75) is 13.0 Å². The highest BCUT2D eigenvalue weighted by Gasteiger charge is 2.23. The standard InChI is InChI=1S/C16H20N6O2/c23-16(14-11-10-17-5-3-12(11)20-21-14)19-13-2-1-4-18-15(13)22-6-8-24-9-7-22/h1-2,4,17H,3,5-10H2,(H,19,23)(H,20,21). The van der Waals surface area contributed by atoms with Crippen LogP contribution in [0.25, 0.3) is 0 Å². The average Bonchev–Trinajstić information content (AvgIpc) is 3.07. The monoisotopic (exact) mass is 328 g/mol. The quantitative estimate of drug-likeness (QED) is 0.761. The molecule has 0 spiro atoms. The molecule has 0 aromatic carbocycles. The van der Waals surface area contributed by atoms with Gasteiger partial charge in [-0.15, -0.1) is 0 Å². The van der Waals surface area contributed by atoms with Crippen molar-refractivity contribution < 1.29 is 9.53 Å². The molecule has 8 heteroatoms. The molecule has 2 aliphatic rings. The predicted molar refractivity (Wildman–Crippen MR) is 89.2 cm³/mol. The Morgan fingerprint density at radius 2 is 2.21 bits per heavy atom. The molecule has 2 aliphatic heterocycles. The summed E-state index contributed by atoms with van der Waals surface area (Å²) < 4.78 is 5.39. The topological polar surface area (TPSA) is 95.2 Å². The fourth-order valence-corrected chi connectivity index (χ4v) is 3.12. The number of fused-ring (bicyclic) bond motifs is 1. The normalized spacial score (nSPS) is 17.4. The molecule has 24 heavy (non-hydrogen) atoms. The first-order valence-corrected chi connectivity index (χ1v) is 8.19. The van der Waals surface area contributed by atoms with Gasteiger partial charge in [0, 0.05) is 50.1 Å². The summed E-state index contributed by atoms with van der Waals surface area (Å²) in [5.74, 6) is 0.565. The zero-order valence-electron chi connectivity index (χ0n) is 13.3. The van der Waals surface area contributed by atoms with Crippen LogP contribution < -0.4 is 15.5 Å². The summed E-state index contributed by atoms with van der Waals surface area (Å²) in [6.07, 6.45) is 2.60. The number of nitrogens with zero attached hydrogens (tertiary/aromatic N) is 3. The Kier molecular flexibility index (Phi) is 4.14. The lowest BCUT2D eigenvalue weighted by Crippen LogP contribution is -2.37. The first kappa shape index (κ1) is 15.1. The van der Waals surface area contributed by atoms with Crippen molar-refractivity contribution in [2.75, 3.05) is 43.1 Å². The van der Waals surface area contributed by atoms with E-state index < -0.39 is 0 Å². The molecule has 1 amide bonds. The van der Waals surface area contributed by atoms with Crippen LogP contribution >= 0.6 is 0 Å². The second kappa shape index (κ2) is 6.58. The SMILES string of the molecule is O=C(Nc1cccnc1N1CCOCC1)c1n[nH]c2c1CNCC2. The number of H-pyrrole nitrogens is 1. The van der Waals surface area contributed by atoms with Crippen LogP contribution in [-0.2, 0) is 17.7 Å². The van der Waals surface area contributed by atoms with E-state index in [0.29, 0.717) is 31.1 Å². The van der Waals surface area contributed by atoms with E-state index in [4.69, 9.17) is 4.74 Å². The highest BCUT2D eigenvalue weighted by atomic mass is 16.5. The lowest BCUT2D eigenvalue weighted by atomic mass is 10.1. The van der Waals surface area contributed by atoms with Crippen molar-refractivity contribution >= 4 is 17.4 Å². The molecule has 0 atom stereocenters. The van der Waals surface area contributed by atoms with Gasteiger partial charge < -0.3 is 20.3 Å². The molecule has 4 heterocycles. The molecule has 126 valence electrons. The number of amides is 1. The molecule has 8 nitrogen and oxygen atoms in total. The van der Waals surface area contributed by atoms with Crippen molar-refractivity contribution in [1.82, 2.24) is 20.5 Å². The van der Waals surface area contributed by atoms with Crippen LogP contribution in [0.15, 0.2) is 18.3 Å². The van der Waals surface area contributed by atoms with Crippen molar-refractivity contribution in [3.8, 4) is 0 Å². The minimum Gasteiger partial charge on any atom is -0.378 e. The number of hydrogen-bond acceptors (Lipinski definition) is 6. The second-order valence-corrected chi connectivity index (χ2v) is 5.88. The molecular weight excluding hydrogens is 308 g/mol. The van der Waals surface area contributed by atoms with Gasteiger partial charge in [-0.05, 0) is 12.1 Å². The summed E-state index contributed by atoms with van der Waals surface area (Å²) in [4.78, 5) is 19.3. The van der Waals surface area contributed by atoms with E-state index in [9.17, 15) is 4.79 Å². The molecule has 1 fully saturated rings. The third kappa shape index (κ3) is 2.85. The number of aromatic nitrogens is 3. The number of hydrogen-bond donors (Lipinski definition) is 3. The van der Waals surface area contributed by atoms with Gasteiger partial charge in [-0.25, -0.2) is 4.98 Å². The number of ether oxygens (including phenoxy) is 1. The van der Waals surface area contributed by atoms with Gasteiger partial charge in [0.15, 0.2) is 11.5 Å². The number of aromatic amines is 1. The Labute approximate surface area is 139 Å². The molecule has 0 bridgehead atoms. The van der Waals surface area contributed by atoms with Crippen LogP contribution in [0.3, 0.4) is 0 Å². The van der Waals surface area contributed by atoms with E-state index in [0.717, 1.165) is 43.1 Å². The Bertz CT molecular complexity index is 738. The molecule has 0 radical (unpaired) electrons. The van der Waals surface area contributed by atoms with Crippen molar-refractivity contribution in [3.05, 3.63) is 35.3 Å². The van der Waals surface area contributed by atoms with Gasteiger partial charge in [0.25, 0.3) is 5.91 Å². The largest absolute Gasteiger partial charge is 0.378 e. The number of anilines is 2. The van der Waals surface area contributed by atoms with Crippen LogP contribution in [0, 0.1) is 0 Å². The number of carbonyl (C=O) groups excluding carboxylic acids is 1. The summed E-state index contributed by atoms with van der Waals surface area (Å²) in [5, 5.41) is 13.4. The average molecular weight is 328 g/mol. The molecule has 0 aliphatic carbocycles. The van der Waals surface area contributed by atoms with E-state index in [1.54, 1.807) is 6.20 Å². The third-order valence-corrected chi connectivity index (χ3v) is 4.37. The minimum absolute atomic E-state index is 0.210. The summed E-state index contributed by atoms with van der Waals surface area (Å²) in [6.45, 7) is 4.44. The molecule has 2 aromatic rings. The van der Waals surface area contributed by atoms with E-state index in [-0.39, 0.29) is 5.91 Å². The minimum atomic E-state index is -0.210. The van der Waals surface area contributed by atoms with Crippen LogP contribution in [0.4, 0.5) is 11.5 Å². The van der Waals surface area contributed by atoms with E-state index in [2.05, 4.69) is 30.7 Å². The van der Waals surface area contributed by atoms with Crippen LogP contribution in [0.1, 0.15) is 21.7 Å². The molecule has 0 saturated carbocycles. The van der Waals surface area contributed by atoms with Crippen molar-refractivity contribution in [2.24, 2.45) is 0 Å². The number of morpholine rings is 1. The van der Waals surface area contributed by atoms with Crippen molar-refractivity contribution in [1.29, 1.82) is 0 Å². The molecular formula is C16H20N6O2. The maximum absolute atomic E-state index is 12.7. The Morgan fingerprint density at radius 3 is 3.08 bits per heavy atom. The highest BCUT2D eigenvalue weighted by Crippen LogP contribution is 2.25. The van der Waals surface area contributed by atoms with Gasteiger partial charge in [-0.1, -0.05) is 0 Å². The van der Waals surface area contributed by atoms with Gasteiger partial charge in [0.2, 0.25) is 0 Å². The number of nitrogens with one attached hydrogen (secondary N) is 3. The van der Waals surface area contributed by atoms with Crippen molar-refractivity contribution in [3.63, 3.8) is 0 Å². The van der Waals surface area contributed by atoms with Crippen LogP contribution in [-0.4, -0.2) is 53.9 Å². The van der Waals surface area contributed by atoms with Crippen LogP contribution in [0.5, 0.6) is 0 Å². The first-order chi connectivity index (χ1) is 11.8. The third-order valence-electron chi connectivity index (χ3n) is 4.37. The van der Waals surface area contributed by atoms with E-state index in [1.165, 1.54) is 0 Å². The summed E-state index contributed by atoms with van der Waals surface area (Å²) in [5.41, 5.74) is 3.15. The smallest absolute Gasteiger partial charge is 0.276 e. The van der Waals surface area contributed by atoms with Gasteiger partial charge in [-0.3, -0.25) is 9.89 Å². The van der Waals surface area contributed by atoms with E-state index >= 15 is 0 Å². The highest BCUT2D eigenvalue weighted by molar-refractivity contribution is 6.05. The molecule has 0 unspecified atom stereocenters. The maximum atomic E-state index is 12.7. The lowest BCUT2D eigenvalue weighted by Gasteiger charge is -2.29. The molecule has 2 aromatic heterocycles. The van der Waals surface area contributed by atoms with Gasteiger partial charge >= 0.3 is 0 Å².